The molecule has 27 heavy (non-hydrogen) atoms. The molecule has 5 rings (SSSR count). The van der Waals surface area contributed by atoms with Gasteiger partial charge in [0.1, 0.15) is 5.52 Å². The number of para-hydroxylation sites is 2. The van der Waals surface area contributed by atoms with Crippen molar-refractivity contribution in [3.63, 3.8) is 0 Å². The van der Waals surface area contributed by atoms with Crippen molar-refractivity contribution in [2.75, 3.05) is 0 Å². The lowest BCUT2D eigenvalue weighted by Gasteiger charge is -2.09. The summed E-state index contributed by atoms with van der Waals surface area (Å²) in [5.74, 6) is 1.69. The van der Waals surface area contributed by atoms with Gasteiger partial charge >= 0.3 is 0 Å². The Bertz CT molecular complexity index is 1320. The van der Waals surface area contributed by atoms with Gasteiger partial charge in [0.05, 0.1) is 24.1 Å². The molecule has 3 heteroatoms. The number of aryl methyl sites for hydroxylation is 2. The molecule has 0 fully saturated rings. The molecule has 0 unspecified atom stereocenters. The van der Waals surface area contributed by atoms with Crippen molar-refractivity contribution in [2.45, 2.75) is 19.8 Å². The molecule has 0 N–H and O–H groups in total. The van der Waals surface area contributed by atoms with E-state index in [1.54, 1.807) is 0 Å². The molecule has 0 saturated heterocycles. The largest absolute Gasteiger partial charge is 0.311 e. The summed E-state index contributed by atoms with van der Waals surface area (Å²) in [5.41, 5.74) is 5.12. The summed E-state index contributed by atoms with van der Waals surface area (Å²) < 4.78 is 6.96. The Kier molecular flexibility index (Phi) is 3.41. The van der Waals surface area contributed by atoms with Crippen molar-refractivity contribution in [1.82, 2.24) is 9.13 Å². The van der Waals surface area contributed by atoms with Crippen LogP contribution >= 0.6 is 0 Å². The molecular formula is C24H24N3+. The number of rotatable bonds is 2. The second-order valence-electron chi connectivity index (χ2n) is 7.71. The van der Waals surface area contributed by atoms with E-state index in [1.165, 1.54) is 44.2 Å². The summed E-state index contributed by atoms with van der Waals surface area (Å²) in [5, 5.41) is 3.95. The van der Waals surface area contributed by atoms with Crippen LogP contribution in [0.15, 0.2) is 66.9 Å². The number of fused-ring (bicyclic) bond motifs is 5. The quantitative estimate of drug-likeness (QED) is 0.386. The highest BCUT2D eigenvalue weighted by atomic mass is 15.2. The van der Waals surface area contributed by atoms with Crippen LogP contribution in [0.3, 0.4) is 0 Å². The third-order valence-electron chi connectivity index (χ3n) is 5.75. The number of nitrogens with zero attached hydrogens (tertiary/aromatic N) is 3. The predicted molar refractivity (Wildman–Crippen MR) is 113 cm³/mol. The van der Waals surface area contributed by atoms with E-state index in [0.717, 1.165) is 0 Å². The van der Waals surface area contributed by atoms with Gasteiger partial charge < -0.3 is 4.57 Å². The summed E-state index contributed by atoms with van der Waals surface area (Å²) in [7, 11) is 4.30. The topological polar surface area (TPSA) is 13.7 Å². The van der Waals surface area contributed by atoms with E-state index in [0.29, 0.717) is 5.92 Å². The zero-order valence-corrected chi connectivity index (χ0v) is 16.3. The van der Waals surface area contributed by atoms with Gasteiger partial charge in [-0.1, -0.05) is 44.2 Å². The zero-order chi connectivity index (χ0) is 18.7. The lowest BCUT2D eigenvalue weighted by Crippen LogP contribution is -2.33. The maximum absolute atomic E-state index is 2.41. The third-order valence-corrected chi connectivity index (χ3v) is 5.75. The lowest BCUT2D eigenvalue weighted by atomic mass is 10.1. The summed E-state index contributed by atoms with van der Waals surface area (Å²) in [6.07, 6.45) is 2.17. The Labute approximate surface area is 159 Å². The minimum absolute atomic E-state index is 0.495. The zero-order valence-electron chi connectivity index (χ0n) is 16.3. The van der Waals surface area contributed by atoms with Gasteiger partial charge in [-0.05, 0) is 35.7 Å². The first kappa shape index (κ1) is 16.1. The van der Waals surface area contributed by atoms with Crippen molar-refractivity contribution in [1.29, 1.82) is 0 Å². The van der Waals surface area contributed by atoms with Crippen molar-refractivity contribution < 1.29 is 4.57 Å². The SMILES string of the molecule is CC(C)c1cc[n+](C)c(-n2c3ccccc3c3c4ccccc4n(C)c32)c1. The van der Waals surface area contributed by atoms with E-state index in [-0.39, 0.29) is 0 Å². The molecule has 3 aromatic heterocycles. The van der Waals surface area contributed by atoms with Crippen LogP contribution in [0.5, 0.6) is 0 Å². The Morgan fingerprint density at radius 3 is 2.19 bits per heavy atom. The number of benzene rings is 2. The number of aromatic nitrogens is 3. The first-order valence-electron chi connectivity index (χ1n) is 9.54. The Morgan fingerprint density at radius 2 is 1.48 bits per heavy atom. The van der Waals surface area contributed by atoms with Crippen LogP contribution in [0.1, 0.15) is 25.3 Å². The van der Waals surface area contributed by atoms with Gasteiger partial charge in [-0.15, -0.1) is 0 Å². The molecule has 2 aromatic carbocycles. The maximum atomic E-state index is 2.41. The summed E-state index contributed by atoms with van der Waals surface area (Å²) in [6.45, 7) is 4.50. The molecule has 0 bridgehead atoms. The van der Waals surface area contributed by atoms with E-state index in [1.807, 2.05) is 0 Å². The standard InChI is InChI=1S/C24H24N3/c1-16(2)17-13-14-25(3)22(15-17)27-21-12-8-6-10-19(21)23-18-9-5-7-11-20(18)26(4)24(23)27/h5-16H,1-4H3/q+1. The molecule has 0 saturated carbocycles. The molecule has 0 amide bonds. The van der Waals surface area contributed by atoms with Gasteiger partial charge in [0.15, 0.2) is 0 Å². The van der Waals surface area contributed by atoms with E-state index in [2.05, 4.69) is 109 Å². The summed E-state index contributed by atoms with van der Waals surface area (Å²) >= 11 is 0. The second kappa shape index (κ2) is 5.71. The van der Waals surface area contributed by atoms with Crippen LogP contribution in [0.2, 0.25) is 0 Å². The Balaban J connectivity index is 2.02. The fourth-order valence-corrected chi connectivity index (χ4v) is 4.29. The molecule has 0 atom stereocenters. The Hall–Kier alpha value is -3.07. The third kappa shape index (κ3) is 2.18. The van der Waals surface area contributed by atoms with Gasteiger partial charge in [-0.3, -0.25) is 0 Å². The molecule has 5 aromatic rings. The van der Waals surface area contributed by atoms with E-state index in [4.69, 9.17) is 0 Å². The molecule has 3 nitrogen and oxygen atoms in total. The lowest BCUT2D eigenvalue weighted by molar-refractivity contribution is -0.665. The second-order valence-corrected chi connectivity index (χ2v) is 7.71. The van der Waals surface area contributed by atoms with Crippen molar-refractivity contribution in [3.8, 4) is 5.82 Å². The van der Waals surface area contributed by atoms with Gasteiger partial charge in [0, 0.05) is 23.9 Å². The van der Waals surface area contributed by atoms with E-state index in [9.17, 15) is 0 Å². The minimum atomic E-state index is 0.495. The number of hydrogen-bond acceptors (Lipinski definition) is 0. The number of pyridine rings is 1. The smallest absolute Gasteiger partial charge is 0.288 e. The van der Waals surface area contributed by atoms with Crippen LogP contribution in [-0.2, 0) is 14.1 Å². The number of hydrogen-bond donors (Lipinski definition) is 0. The molecule has 3 heterocycles. The highest BCUT2D eigenvalue weighted by Gasteiger charge is 2.26. The highest BCUT2D eigenvalue weighted by molar-refractivity contribution is 6.21. The molecule has 134 valence electrons. The first-order chi connectivity index (χ1) is 13.1. The monoisotopic (exact) mass is 354 g/mol. The van der Waals surface area contributed by atoms with Gasteiger partial charge in [-0.25, -0.2) is 4.57 Å². The van der Waals surface area contributed by atoms with Crippen molar-refractivity contribution in [2.24, 2.45) is 14.1 Å². The molecule has 0 aliphatic heterocycles. The van der Waals surface area contributed by atoms with Crippen LogP contribution in [0.25, 0.3) is 38.7 Å². The van der Waals surface area contributed by atoms with Crippen LogP contribution in [-0.4, -0.2) is 9.13 Å². The maximum Gasteiger partial charge on any atom is 0.288 e. The minimum Gasteiger partial charge on any atom is -0.311 e. The van der Waals surface area contributed by atoms with Crippen LogP contribution < -0.4 is 4.57 Å². The van der Waals surface area contributed by atoms with Crippen LogP contribution in [0, 0.1) is 0 Å². The van der Waals surface area contributed by atoms with E-state index < -0.39 is 0 Å². The van der Waals surface area contributed by atoms with Gasteiger partial charge in [0.2, 0.25) is 5.65 Å². The molecule has 0 aliphatic carbocycles. The van der Waals surface area contributed by atoms with Crippen molar-refractivity contribution >= 4 is 32.8 Å². The summed E-state index contributed by atoms with van der Waals surface area (Å²) in [6, 6.07) is 22.0. The van der Waals surface area contributed by atoms with E-state index >= 15 is 0 Å². The predicted octanol–water partition coefficient (Wildman–Crippen LogP) is 5.22. The average Bonchev–Trinajstić information content (AvgIpc) is 3.16. The summed E-state index contributed by atoms with van der Waals surface area (Å²) in [4.78, 5) is 0. The van der Waals surface area contributed by atoms with Gasteiger partial charge in [-0.2, -0.15) is 4.57 Å². The van der Waals surface area contributed by atoms with Crippen LogP contribution in [0.4, 0.5) is 0 Å². The Morgan fingerprint density at radius 1 is 0.852 bits per heavy atom. The molecule has 0 aliphatic rings. The average molecular weight is 354 g/mol. The first-order valence-corrected chi connectivity index (χ1v) is 9.54. The van der Waals surface area contributed by atoms with Crippen molar-refractivity contribution in [3.05, 3.63) is 72.4 Å². The molecular weight excluding hydrogens is 330 g/mol. The fraction of sp³-hybridized carbons (Fsp3) is 0.208. The molecule has 0 spiro atoms. The van der Waals surface area contributed by atoms with Gasteiger partial charge in [0.25, 0.3) is 5.82 Å². The normalized spacial score (nSPS) is 12.0. The fourth-order valence-electron chi connectivity index (χ4n) is 4.29. The highest BCUT2D eigenvalue weighted by Crippen LogP contribution is 2.37. The molecule has 0 radical (unpaired) electrons.